The molecule has 2 aromatic carbocycles. The number of nitrogens with zero attached hydrogens (tertiary/aromatic N) is 3. The van der Waals surface area contributed by atoms with Crippen molar-refractivity contribution in [2.45, 2.75) is 31.7 Å². The molecule has 16 heteroatoms. The number of unbranched alkanes of at least 4 members (excludes halogenated alkanes) is 1. The molecule has 4 N–H and O–H groups in total. The van der Waals surface area contributed by atoms with E-state index in [0.717, 1.165) is 17.5 Å². The Balaban J connectivity index is 0.940. The number of ether oxygens (including phenoxy) is 6. The van der Waals surface area contributed by atoms with Gasteiger partial charge in [0.2, 0.25) is 11.8 Å². The van der Waals surface area contributed by atoms with Crippen LogP contribution in [-0.2, 0) is 33.3 Å². The molecule has 0 bridgehead atoms. The number of hydrogen-bond acceptors (Lipinski definition) is 13. The summed E-state index contributed by atoms with van der Waals surface area (Å²) in [6.45, 7) is 5.66. The fraction of sp³-hybridized carbons (Fsp3) is 0.515. The van der Waals surface area contributed by atoms with Crippen LogP contribution in [0.1, 0.15) is 42.1 Å². The van der Waals surface area contributed by atoms with Crippen LogP contribution in [0.4, 0.5) is 5.69 Å². The minimum absolute atomic E-state index is 0.138. The maximum absolute atomic E-state index is 13.2. The summed E-state index contributed by atoms with van der Waals surface area (Å²) in [4.78, 5) is 48.1. The zero-order chi connectivity index (χ0) is 34.7. The highest BCUT2D eigenvalue weighted by Gasteiger charge is 2.30. The van der Waals surface area contributed by atoms with Crippen molar-refractivity contribution in [2.75, 3.05) is 84.5 Å². The van der Waals surface area contributed by atoms with Crippen LogP contribution >= 0.6 is 0 Å². The number of aromatic nitrogens is 3. The fourth-order valence-corrected chi connectivity index (χ4v) is 4.83. The van der Waals surface area contributed by atoms with E-state index in [1.807, 2.05) is 0 Å². The van der Waals surface area contributed by atoms with Crippen LogP contribution in [0.2, 0.25) is 0 Å². The number of rotatable bonds is 24. The number of hydrogen-bond donors (Lipinski definition) is 3. The van der Waals surface area contributed by atoms with Gasteiger partial charge >= 0.3 is 0 Å². The van der Waals surface area contributed by atoms with Gasteiger partial charge in [-0.15, -0.1) is 5.10 Å². The molecule has 0 saturated carbocycles. The summed E-state index contributed by atoms with van der Waals surface area (Å²) in [6.07, 6.45) is 1.96. The lowest BCUT2D eigenvalue weighted by atomic mass is 10.1. The van der Waals surface area contributed by atoms with Crippen molar-refractivity contribution in [3.63, 3.8) is 0 Å². The third-order valence-electron chi connectivity index (χ3n) is 7.37. The van der Waals surface area contributed by atoms with Crippen molar-refractivity contribution in [1.82, 2.24) is 20.3 Å². The Hall–Kier alpha value is -4.48. The van der Waals surface area contributed by atoms with Gasteiger partial charge < -0.3 is 39.5 Å². The van der Waals surface area contributed by atoms with Gasteiger partial charge in [-0.05, 0) is 55.7 Å². The number of primary amides is 1. The number of fused-ring (bicyclic) bond motifs is 1. The van der Waals surface area contributed by atoms with E-state index in [2.05, 4.69) is 20.9 Å². The first kappa shape index (κ1) is 37.3. The van der Waals surface area contributed by atoms with Gasteiger partial charge in [-0.2, -0.15) is 4.68 Å². The molecule has 1 saturated heterocycles. The van der Waals surface area contributed by atoms with Gasteiger partial charge in [0.25, 0.3) is 11.5 Å². The molecule has 1 aliphatic rings. The number of anilines is 1. The Labute approximate surface area is 283 Å². The molecule has 49 heavy (non-hydrogen) atoms. The molecule has 1 unspecified atom stereocenters. The molecule has 0 radical (unpaired) electrons. The second-order valence-corrected chi connectivity index (χ2v) is 10.9. The zero-order valence-corrected chi connectivity index (χ0v) is 27.4. The SMILES string of the molecule is NC(=O)c1ccc(OCCOCCOCCOCCOCCOCCCCNc2cccc3nnn(C4CCC(=O)NC4=O)c(=O)c23)cc1. The van der Waals surface area contributed by atoms with Crippen molar-refractivity contribution in [3.05, 3.63) is 58.4 Å². The Kier molecular flexibility index (Phi) is 15.8. The molecule has 1 atom stereocenters. The van der Waals surface area contributed by atoms with Crippen LogP contribution in [0.5, 0.6) is 5.75 Å². The first-order valence-corrected chi connectivity index (χ1v) is 16.3. The minimum atomic E-state index is -0.872. The summed E-state index contributed by atoms with van der Waals surface area (Å²) in [5.41, 5.74) is 6.25. The lowest BCUT2D eigenvalue weighted by Gasteiger charge is -2.21. The molecular weight excluding hydrogens is 640 g/mol. The lowest BCUT2D eigenvalue weighted by Crippen LogP contribution is -2.45. The predicted molar refractivity (Wildman–Crippen MR) is 177 cm³/mol. The molecule has 1 aromatic heterocycles. The van der Waals surface area contributed by atoms with Gasteiger partial charge in [0.15, 0.2) is 0 Å². The number of carbonyl (C=O) groups excluding carboxylic acids is 3. The standard InChI is InChI=1S/C33H44N6O10/c34-31(41)24-6-8-25(9-7-24)49-23-22-48-21-20-47-19-18-46-17-16-45-15-14-44-13-2-1-12-35-26-4-3-5-27-30(26)33(43)39(38-37-27)28-10-11-29(40)36-32(28)42/h3-9,28,35H,1-2,10-23H2,(H2,34,41)(H,36,40,42). The monoisotopic (exact) mass is 684 g/mol. The molecule has 1 fully saturated rings. The molecule has 0 aliphatic carbocycles. The van der Waals surface area contributed by atoms with E-state index in [9.17, 15) is 19.2 Å². The first-order valence-electron chi connectivity index (χ1n) is 16.3. The van der Waals surface area contributed by atoms with Crippen LogP contribution in [0.25, 0.3) is 10.9 Å². The fourth-order valence-electron chi connectivity index (χ4n) is 4.83. The molecule has 0 spiro atoms. The quantitative estimate of drug-likeness (QED) is 0.0898. The summed E-state index contributed by atoms with van der Waals surface area (Å²) in [6, 6.07) is 11.0. The lowest BCUT2D eigenvalue weighted by molar-refractivity contribution is -0.136. The molecule has 3 amide bonds. The van der Waals surface area contributed by atoms with Gasteiger partial charge in [-0.1, -0.05) is 11.3 Å². The Morgan fingerprint density at radius 3 is 2.04 bits per heavy atom. The Morgan fingerprint density at radius 2 is 1.43 bits per heavy atom. The molecule has 4 rings (SSSR count). The van der Waals surface area contributed by atoms with Gasteiger partial charge in [-0.25, -0.2) is 0 Å². The average molecular weight is 685 g/mol. The van der Waals surface area contributed by atoms with Crippen molar-refractivity contribution in [1.29, 1.82) is 0 Å². The summed E-state index contributed by atoms with van der Waals surface area (Å²) in [7, 11) is 0. The highest BCUT2D eigenvalue weighted by Crippen LogP contribution is 2.21. The van der Waals surface area contributed by atoms with Gasteiger partial charge in [0.05, 0.1) is 64.8 Å². The van der Waals surface area contributed by atoms with E-state index in [1.54, 1.807) is 42.5 Å². The Bertz CT molecular complexity index is 1550. The van der Waals surface area contributed by atoms with Crippen LogP contribution in [0, 0.1) is 0 Å². The number of imide groups is 1. The largest absolute Gasteiger partial charge is 0.491 e. The number of piperidine rings is 1. The maximum atomic E-state index is 13.2. The minimum Gasteiger partial charge on any atom is -0.491 e. The van der Waals surface area contributed by atoms with Crippen molar-refractivity contribution >= 4 is 34.3 Å². The molecule has 2 heterocycles. The van der Waals surface area contributed by atoms with Crippen LogP contribution in [0.15, 0.2) is 47.3 Å². The topological polar surface area (TPSA) is 204 Å². The Morgan fingerprint density at radius 1 is 0.816 bits per heavy atom. The van der Waals surface area contributed by atoms with Crippen molar-refractivity contribution < 1.29 is 42.8 Å². The van der Waals surface area contributed by atoms with E-state index in [4.69, 9.17) is 34.2 Å². The summed E-state index contributed by atoms with van der Waals surface area (Å²) in [5, 5.41) is 14.0. The smallest absolute Gasteiger partial charge is 0.280 e. The molecule has 266 valence electrons. The first-order chi connectivity index (χ1) is 23.9. The number of carbonyl (C=O) groups is 3. The van der Waals surface area contributed by atoms with Crippen LogP contribution in [-0.4, -0.2) is 112 Å². The van der Waals surface area contributed by atoms with E-state index < -0.39 is 23.4 Å². The predicted octanol–water partition coefficient (Wildman–Crippen LogP) is 1.22. The zero-order valence-electron chi connectivity index (χ0n) is 27.4. The van der Waals surface area contributed by atoms with Crippen LogP contribution in [0.3, 0.4) is 0 Å². The van der Waals surface area contributed by atoms with Gasteiger partial charge in [-0.3, -0.25) is 24.5 Å². The van der Waals surface area contributed by atoms with E-state index in [0.29, 0.717) is 107 Å². The number of benzene rings is 2. The molecule has 16 nitrogen and oxygen atoms in total. The molecular formula is C33H44N6O10. The normalized spacial score (nSPS) is 14.6. The highest BCUT2D eigenvalue weighted by atomic mass is 16.6. The van der Waals surface area contributed by atoms with E-state index >= 15 is 0 Å². The average Bonchev–Trinajstić information content (AvgIpc) is 3.09. The third kappa shape index (κ3) is 12.5. The summed E-state index contributed by atoms with van der Waals surface area (Å²) >= 11 is 0. The molecule has 1 aliphatic heterocycles. The van der Waals surface area contributed by atoms with Crippen molar-refractivity contribution in [3.8, 4) is 5.75 Å². The van der Waals surface area contributed by atoms with Gasteiger partial charge in [0.1, 0.15) is 23.9 Å². The summed E-state index contributed by atoms with van der Waals surface area (Å²) in [5.74, 6) is -0.750. The maximum Gasteiger partial charge on any atom is 0.280 e. The third-order valence-corrected chi connectivity index (χ3v) is 7.37. The second kappa shape index (κ2) is 20.8. The number of amides is 3. The van der Waals surface area contributed by atoms with Gasteiger partial charge in [0, 0.05) is 30.8 Å². The summed E-state index contributed by atoms with van der Waals surface area (Å²) < 4.78 is 34.2. The van der Waals surface area contributed by atoms with Crippen LogP contribution < -0.4 is 26.7 Å². The molecule has 3 aromatic rings. The van der Waals surface area contributed by atoms with E-state index in [-0.39, 0.29) is 18.7 Å². The number of nitrogens with one attached hydrogen (secondary N) is 2. The van der Waals surface area contributed by atoms with Crippen molar-refractivity contribution in [2.24, 2.45) is 5.73 Å². The highest BCUT2D eigenvalue weighted by molar-refractivity contribution is 5.99. The van der Waals surface area contributed by atoms with E-state index in [1.165, 1.54) is 0 Å². The second-order valence-electron chi connectivity index (χ2n) is 10.9. The number of nitrogens with two attached hydrogens (primary N) is 1.